The Morgan fingerprint density at radius 2 is 1.95 bits per heavy atom. The molecule has 0 radical (unpaired) electrons. The molecule has 118 valence electrons. The molecule has 1 aromatic carbocycles. The predicted octanol–water partition coefficient (Wildman–Crippen LogP) is 1.13. The monoisotopic (exact) mass is 315 g/mol. The van der Waals surface area contributed by atoms with Crippen LogP contribution < -0.4 is 4.74 Å². The summed E-state index contributed by atoms with van der Waals surface area (Å²) in [6, 6.07) is 6.49. The molecule has 0 saturated heterocycles. The fourth-order valence-corrected chi connectivity index (χ4v) is 2.36. The van der Waals surface area contributed by atoms with Crippen molar-refractivity contribution in [2.24, 2.45) is 0 Å². The second-order valence-electron chi connectivity index (χ2n) is 4.94. The van der Waals surface area contributed by atoms with E-state index < -0.39 is 15.8 Å². The molecule has 21 heavy (non-hydrogen) atoms. The van der Waals surface area contributed by atoms with Crippen LogP contribution in [-0.4, -0.2) is 63.1 Å². The van der Waals surface area contributed by atoms with E-state index in [0.29, 0.717) is 31.9 Å². The Bertz CT molecular complexity index is 570. The SMILES string of the molecule is CN(CCCOc1ccccc1C(=O)O)CCS(C)(=O)=O. The molecule has 0 amide bonds. The van der Waals surface area contributed by atoms with Gasteiger partial charge in [-0.05, 0) is 25.6 Å². The van der Waals surface area contributed by atoms with Gasteiger partial charge in [0.25, 0.3) is 0 Å². The summed E-state index contributed by atoms with van der Waals surface area (Å²) in [5.41, 5.74) is 0.142. The van der Waals surface area contributed by atoms with Gasteiger partial charge in [0.15, 0.2) is 0 Å². The summed E-state index contributed by atoms with van der Waals surface area (Å²) in [6.07, 6.45) is 1.90. The first-order valence-electron chi connectivity index (χ1n) is 6.61. The zero-order valence-electron chi connectivity index (χ0n) is 12.3. The van der Waals surface area contributed by atoms with Crippen molar-refractivity contribution in [1.29, 1.82) is 0 Å². The molecule has 0 fully saturated rings. The van der Waals surface area contributed by atoms with Crippen molar-refractivity contribution in [1.82, 2.24) is 4.90 Å². The number of carboxylic acids is 1. The van der Waals surface area contributed by atoms with Crippen molar-refractivity contribution in [3.63, 3.8) is 0 Å². The largest absolute Gasteiger partial charge is 0.493 e. The molecule has 0 spiro atoms. The lowest BCUT2D eigenvalue weighted by Crippen LogP contribution is -2.27. The smallest absolute Gasteiger partial charge is 0.339 e. The standard InChI is InChI=1S/C14H21NO5S/c1-15(9-11-21(2,18)19)8-5-10-20-13-7-4-3-6-12(13)14(16)17/h3-4,6-7H,5,8-11H2,1-2H3,(H,16,17). The van der Waals surface area contributed by atoms with Crippen molar-refractivity contribution in [2.45, 2.75) is 6.42 Å². The summed E-state index contributed by atoms with van der Waals surface area (Å²) in [7, 11) is -1.10. The molecule has 0 heterocycles. The third-order valence-corrected chi connectivity index (χ3v) is 3.83. The zero-order valence-corrected chi connectivity index (χ0v) is 13.1. The minimum absolute atomic E-state index is 0.131. The molecular formula is C14H21NO5S. The average molecular weight is 315 g/mol. The van der Waals surface area contributed by atoms with Gasteiger partial charge in [-0.2, -0.15) is 0 Å². The number of carbonyl (C=O) groups is 1. The van der Waals surface area contributed by atoms with Gasteiger partial charge < -0.3 is 14.7 Å². The summed E-state index contributed by atoms with van der Waals surface area (Å²) in [5, 5.41) is 9.01. The number of nitrogens with zero attached hydrogens (tertiary/aromatic N) is 1. The summed E-state index contributed by atoms with van der Waals surface area (Å²) in [6.45, 7) is 1.54. The molecule has 1 N–H and O–H groups in total. The summed E-state index contributed by atoms with van der Waals surface area (Å²) in [5.74, 6) is -0.536. The van der Waals surface area contributed by atoms with Gasteiger partial charge in [0.1, 0.15) is 21.2 Å². The number of hydrogen-bond acceptors (Lipinski definition) is 5. The van der Waals surface area contributed by atoms with Crippen LogP contribution >= 0.6 is 0 Å². The molecule has 0 aliphatic carbocycles. The van der Waals surface area contributed by atoms with Crippen LogP contribution in [-0.2, 0) is 9.84 Å². The van der Waals surface area contributed by atoms with Gasteiger partial charge >= 0.3 is 5.97 Å². The van der Waals surface area contributed by atoms with Crippen LogP contribution in [0.1, 0.15) is 16.8 Å². The van der Waals surface area contributed by atoms with Gasteiger partial charge in [-0.3, -0.25) is 0 Å². The third kappa shape index (κ3) is 7.10. The molecule has 0 aliphatic heterocycles. The fraction of sp³-hybridized carbons (Fsp3) is 0.500. The number of carboxylic acid groups (broad SMARTS) is 1. The molecule has 0 saturated carbocycles. The molecule has 0 aromatic heterocycles. The quantitative estimate of drug-likeness (QED) is 0.688. The van der Waals surface area contributed by atoms with Gasteiger partial charge in [-0.1, -0.05) is 12.1 Å². The third-order valence-electron chi connectivity index (χ3n) is 2.90. The minimum Gasteiger partial charge on any atom is -0.493 e. The van der Waals surface area contributed by atoms with Crippen molar-refractivity contribution in [3.05, 3.63) is 29.8 Å². The van der Waals surface area contributed by atoms with Crippen LogP contribution in [0.4, 0.5) is 0 Å². The van der Waals surface area contributed by atoms with Crippen LogP contribution in [0.15, 0.2) is 24.3 Å². The first-order valence-corrected chi connectivity index (χ1v) is 8.67. The van der Waals surface area contributed by atoms with Crippen LogP contribution in [0.2, 0.25) is 0 Å². The van der Waals surface area contributed by atoms with Gasteiger partial charge in [0.2, 0.25) is 0 Å². The topological polar surface area (TPSA) is 83.9 Å². The molecule has 0 bridgehead atoms. The number of hydrogen-bond donors (Lipinski definition) is 1. The summed E-state index contributed by atoms with van der Waals surface area (Å²) < 4.78 is 27.6. The van der Waals surface area contributed by atoms with E-state index in [1.165, 1.54) is 12.3 Å². The molecular weight excluding hydrogens is 294 g/mol. The van der Waals surface area contributed by atoms with Crippen molar-refractivity contribution in [2.75, 3.05) is 38.8 Å². The number of para-hydroxylation sites is 1. The molecule has 6 nitrogen and oxygen atoms in total. The maximum Gasteiger partial charge on any atom is 0.339 e. The highest BCUT2D eigenvalue weighted by Gasteiger charge is 2.10. The Morgan fingerprint density at radius 1 is 1.29 bits per heavy atom. The van der Waals surface area contributed by atoms with E-state index in [0.717, 1.165) is 0 Å². The van der Waals surface area contributed by atoms with E-state index in [2.05, 4.69) is 0 Å². The van der Waals surface area contributed by atoms with E-state index in [-0.39, 0.29) is 11.3 Å². The van der Waals surface area contributed by atoms with Gasteiger partial charge in [0, 0.05) is 19.3 Å². The first kappa shape index (κ1) is 17.5. The highest BCUT2D eigenvalue weighted by Crippen LogP contribution is 2.17. The van der Waals surface area contributed by atoms with Crippen molar-refractivity contribution < 1.29 is 23.1 Å². The number of sulfone groups is 1. The van der Waals surface area contributed by atoms with Crippen LogP contribution in [0, 0.1) is 0 Å². The first-order chi connectivity index (χ1) is 9.79. The lowest BCUT2D eigenvalue weighted by Gasteiger charge is -2.16. The number of aromatic carboxylic acids is 1. The minimum atomic E-state index is -2.95. The Hall–Kier alpha value is -1.60. The van der Waals surface area contributed by atoms with Gasteiger partial charge in [-0.15, -0.1) is 0 Å². The Morgan fingerprint density at radius 3 is 2.57 bits per heavy atom. The second-order valence-corrected chi connectivity index (χ2v) is 7.20. The molecule has 0 atom stereocenters. The van der Waals surface area contributed by atoms with E-state index in [1.54, 1.807) is 18.2 Å². The maximum absolute atomic E-state index is 11.0. The fourth-order valence-electron chi connectivity index (χ4n) is 1.72. The van der Waals surface area contributed by atoms with E-state index in [1.807, 2.05) is 11.9 Å². The normalized spacial score (nSPS) is 11.6. The van der Waals surface area contributed by atoms with Gasteiger partial charge in [-0.25, -0.2) is 13.2 Å². The summed E-state index contributed by atoms with van der Waals surface area (Å²) in [4.78, 5) is 12.9. The maximum atomic E-state index is 11.0. The Balaban J connectivity index is 2.33. The van der Waals surface area contributed by atoms with Crippen molar-refractivity contribution in [3.8, 4) is 5.75 Å². The molecule has 1 rings (SSSR count). The number of ether oxygens (including phenoxy) is 1. The predicted molar refractivity (Wildman–Crippen MR) is 80.7 cm³/mol. The van der Waals surface area contributed by atoms with Crippen LogP contribution in [0.25, 0.3) is 0 Å². The second kappa shape index (κ2) is 7.99. The number of rotatable bonds is 9. The van der Waals surface area contributed by atoms with Crippen molar-refractivity contribution >= 4 is 15.8 Å². The highest BCUT2D eigenvalue weighted by molar-refractivity contribution is 7.90. The van der Waals surface area contributed by atoms with E-state index >= 15 is 0 Å². The van der Waals surface area contributed by atoms with E-state index in [9.17, 15) is 13.2 Å². The number of benzene rings is 1. The van der Waals surface area contributed by atoms with E-state index in [4.69, 9.17) is 9.84 Å². The van der Waals surface area contributed by atoms with Crippen LogP contribution in [0.3, 0.4) is 0 Å². The average Bonchev–Trinajstić information content (AvgIpc) is 2.41. The van der Waals surface area contributed by atoms with Gasteiger partial charge in [0.05, 0.1) is 12.4 Å². The lowest BCUT2D eigenvalue weighted by molar-refractivity contribution is 0.0692. The molecule has 0 aliphatic rings. The molecule has 0 unspecified atom stereocenters. The summed E-state index contributed by atoms with van der Waals surface area (Å²) >= 11 is 0. The Kier molecular flexibility index (Phi) is 6.64. The molecule has 7 heteroatoms. The lowest BCUT2D eigenvalue weighted by atomic mass is 10.2. The Labute approximate surface area is 125 Å². The van der Waals surface area contributed by atoms with Crippen LogP contribution in [0.5, 0.6) is 5.75 Å². The molecule has 1 aromatic rings. The zero-order chi connectivity index (χ0) is 15.9. The highest BCUT2D eigenvalue weighted by atomic mass is 32.2.